The lowest BCUT2D eigenvalue weighted by atomic mass is 10.1. The van der Waals surface area contributed by atoms with Gasteiger partial charge in [-0.1, -0.05) is 12.1 Å². The number of fused-ring (bicyclic) bond motifs is 1. The van der Waals surface area contributed by atoms with Gasteiger partial charge >= 0.3 is 0 Å². The summed E-state index contributed by atoms with van der Waals surface area (Å²) in [5.41, 5.74) is 3.22. The van der Waals surface area contributed by atoms with Crippen molar-refractivity contribution < 1.29 is 12.8 Å². The van der Waals surface area contributed by atoms with Gasteiger partial charge in [0, 0.05) is 23.1 Å². The zero-order chi connectivity index (χ0) is 19.7. The molecule has 28 heavy (non-hydrogen) atoms. The van der Waals surface area contributed by atoms with Gasteiger partial charge in [0.05, 0.1) is 6.26 Å². The van der Waals surface area contributed by atoms with Crippen LogP contribution in [0.15, 0.2) is 66.9 Å². The van der Waals surface area contributed by atoms with E-state index in [1.165, 1.54) is 12.1 Å². The Morgan fingerprint density at radius 3 is 2.46 bits per heavy atom. The Kier molecular flexibility index (Phi) is 4.44. The fraction of sp³-hybridized carbons (Fsp3) is 0.0526. The van der Waals surface area contributed by atoms with E-state index in [1.807, 2.05) is 18.2 Å². The smallest absolute Gasteiger partial charge is 0.247 e. The van der Waals surface area contributed by atoms with Crippen LogP contribution in [0, 0.1) is 5.82 Å². The van der Waals surface area contributed by atoms with Crippen molar-refractivity contribution in [2.24, 2.45) is 0 Å². The molecule has 0 unspecified atom stereocenters. The van der Waals surface area contributed by atoms with Crippen molar-refractivity contribution in [2.45, 2.75) is 0 Å². The van der Waals surface area contributed by atoms with Gasteiger partial charge in [-0.2, -0.15) is 4.98 Å². The van der Waals surface area contributed by atoms with E-state index in [-0.39, 0.29) is 5.82 Å². The lowest BCUT2D eigenvalue weighted by molar-refractivity contribution is 0.607. The fourth-order valence-corrected chi connectivity index (χ4v) is 3.37. The molecule has 2 N–H and O–H groups in total. The van der Waals surface area contributed by atoms with E-state index in [4.69, 9.17) is 0 Å². The third-order valence-corrected chi connectivity index (χ3v) is 4.55. The summed E-state index contributed by atoms with van der Waals surface area (Å²) in [6.07, 6.45) is 2.85. The monoisotopic (exact) mass is 397 g/mol. The first-order valence-corrected chi connectivity index (χ1v) is 10.2. The first-order chi connectivity index (χ1) is 13.4. The summed E-state index contributed by atoms with van der Waals surface area (Å²) in [4.78, 5) is 4.50. The van der Waals surface area contributed by atoms with Gasteiger partial charge in [-0.3, -0.25) is 4.72 Å². The summed E-state index contributed by atoms with van der Waals surface area (Å²) in [7, 11) is -3.33. The van der Waals surface area contributed by atoms with Crippen molar-refractivity contribution in [3.8, 4) is 11.1 Å². The standard InChI is InChI=1S/C19H16FN5O2S/c1-28(26,27)24-16-9-7-15(8-10-16)21-19-22-18-17(6-3-11-25(18)23-19)13-4-2-5-14(20)12-13/h2-12,24H,1H3,(H,21,23). The number of halogens is 1. The Hall–Kier alpha value is -3.46. The predicted molar refractivity (Wildman–Crippen MR) is 107 cm³/mol. The van der Waals surface area contributed by atoms with E-state index >= 15 is 0 Å². The molecule has 0 radical (unpaired) electrons. The van der Waals surface area contributed by atoms with Crippen molar-refractivity contribution in [1.82, 2.24) is 14.6 Å². The van der Waals surface area contributed by atoms with Crippen LogP contribution in [0.2, 0.25) is 0 Å². The molecule has 0 saturated heterocycles. The van der Waals surface area contributed by atoms with Gasteiger partial charge in [-0.05, 0) is 54.1 Å². The molecule has 0 aliphatic heterocycles. The maximum absolute atomic E-state index is 13.6. The number of sulfonamides is 1. The predicted octanol–water partition coefficient (Wildman–Crippen LogP) is 3.65. The molecule has 0 amide bonds. The maximum Gasteiger partial charge on any atom is 0.247 e. The summed E-state index contributed by atoms with van der Waals surface area (Å²) in [5, 5.41) is 7.47. The third-order valence-electron chi connectivity index (χ3n) is 3.94. The van der Waals surface area contributed by atoms with E-state index in [0.717, 1.165) is 11.8 Å². The highest BCUT2D eigenvalue weighted by Crippen LogP contribution is 2.25. The highest BCUT2D eigenvalue weighted by atomic mass is 32.2. The number of aromatic nitrogens is 3. The number of benzene rings is 2. The fourth-order valence-electron chi connectivity index (χ4n) is 2.81. The summed E-state index contributed by atoms with van der Waals surface area (Å²) in [6.45, 7) is 0. The minimum Gasteiger partial charge on any atom is -0.323 e. The number of hydrogen-bond acceptors (Lipinski definition) is 5. The molecule has 0 bridgehead atoms. The lowest BCUT2D eigenvalue weighted by Crippen LogP contribution is -2.09. The number of anilines is 3. The number of nitrogens with one attached hydrogen (secondary N) is 2. The molecular formula is C19H16FN5O2S. The Balaban J connectivity index is 1.63. The van der Waals surface area contributed by atoms with Crippen molar-refractivity contribution in [1.29, 1.82) is 0 Å². The second-order valence-electron chi connectivity index (χ2n) is 6.21. The topological polar surface area (TPSA) is 88.4 Å². The van der Waals surface area contributed by atoms with Gasteiger partial charge in [-0.15, -0.1) is 5.10 Å². The first kappa shape index (κ1) is 17.9. The molecule has 4 rings (SSSR count). The van der Waals surface area contributed by atoms with Crippen LogP contribution in [0.1, 0.15) is 0 Å². The molecule has 2 heterocycles. The average molecular weight is 397 g/mol. The van der Waals surface area contributed by atoms with Gasteiger partial charge in [0.2, 0.25) is 16.0 Å². The summed E-state index contributed by atoms with van der Waals surface area (Å²) < 4.78 is 40.1. The van der Waals surface area contributed by atoms with Crippen LogP contribution in [0.4, 0.5) is 21.7 Å². The molecule has 2 aromatic carbocycles. The van der Waals surface area contributed by atoms with Crippen molar-refractivity contribution >= 4 is 33.0 Å². The first-order valence-electron chi connectivity index (χ1n) is 8.34. The Morgan fingerprint density at radius 1 is 1.00 bits per heavy atom. The van der Waals surface area contributed by atoms with E-state index in [9.17, 15) is 12.8 Å². The summed E-state index contributed by atoms with van der Waals surface area (Å²) >= 11 is 0. The molecular weight excluding hydrogens is 381 g/mol. The van der Waals surface area contributed by atoms with Gasteiger partial charge < -0.3 is 5.32 Å². The quantitative estimate of drug-likeness (QED) is 0.537. The molecule has 0 saturated carbocycles. The molecule has 0 fully saturated rings. The number of pyridine rings is 1. The van der Waals surface area contributed by atoms with Crippen LogP contribution in [0.3, 0.4) is 0 Å². The summed E-state index contributed by atoms with van der Waals surface area (Å²) in [6, 6.07) is 16.7. The SMILES string of the molecule is CS(=O)(=O)Nc1ccc(Nc2nc3c(-c4cccc(F)c4)cccn3n2)cc1. The van der Waals surface area contributed by atoms with Crippen LogP contribution in [0.5, 0.6) is 0 Å². The molecule has 7 nitrogen and oxygen atoms in total. The largest absolute Gasteiger partial charge is 0.323 e. The molecule has 0 aliphatic rings. The van der Waals surface area contributed by atoms with Crippen LogP contribution in [-0.2, 0) is 10.0 Å². The Bertz CT molecular complexity index is 1250. The highest BCUT2D eigenvalue weighted by Gasteiger charge is 2.10. The van der Waals surface area contributed by atoms with Crippen LogP contribution < -0.4 is 10.0 Å². The van der Waals surface area contributed by atoms with Crippen molar-refractivity contribution in [3.05, 3.63) is 72.7 Å². The molecule has 2 aromatic heterocycles. The molecule has 0 aliphatic carbocycles. The van der Waals surface area contributed by atoms with Crippen molar-refractivity contribution in [3.63, 3.8) is 0 Å². The van der Waals surface area contributed by atoms with Crippen LogP contribution in [-0.4, -0.2) is 29.3 Å². The molecule has 9 heteroatoms. The van der Waals surface area contributed by atoms with E-state index in [1.54, 1.807) is 41.0 Å². The average Bonchev–Trinajstić information content (AvgIpc) is 3.04. The zero-order valence-corrected chi connectivity index (χ0v) is 15.6. The van der Waals surface area contributed by atoms with Gasteiger partial charge in [0.25, 0.3) is 0 Å². The van der Waals surface area contributed by atoms with Crippen LogP contribution in [0.25, 0.3) is 16.8 Å². The van der Waals surface area contributed by atoms with Crippen molar-refractivity contribution in [2.75, 3.05) is 16.3 Å². The number of hydrogen-bond donors (Lipinski definition) is 2. The number of rotatable bonds is 5. The van der Waals surface area contributed by atoms with E-state index < -0.39 is 10.0 Å². The Labute approximate surface area is 160 Å². The highest BCUT2D eigenvalue weighted by molar-refractivity contribution is 7.92. The van der Waals surface area contributed by atoms with Gasteiger partial charge in [-0.25, -0.2) is 17.3 Å². The number of nitrogens with zero attached hydrogens (tertiary/aromatic N) is 3. The lowest BCUT2D eigenvalue weighted by Gasteiger charge is -2.05. The van der Waals surface area contributed by atoms with Gasteiger partial charge in [0.15, 0.2) is 5.65 Å². The summed E-state index contributed by atoms with van der Waals surface area (Å²) in [5.74, 6) is 0.0489. The minimum atomic E-state index is -3.33. The second-order valence-corrected chi connectivity index (χ2v) is 7.96. The van der Waals surface area contributed by atoms with E-state index in [2.05, 4.69) is 20.1 Å². The zero-order valence-electron chi connectivity index (χ0n) is 14.8. The Morgan fingerprint density at radius 2 is 1.75 bits per heavy atom. The molecule has 4 aromatic rings. The maximum atomic E-state index is 13.6. The normalized spacial score (nSPS) is 11.5. The molecule has 0 spiro atoms. The van der Waals surface area contributed by atoms with E-state index in [0.29, 0.717) is 28.5 Å². The molecule has 142 valence electrons. The second kappa shape index (κ2) is 6.93. The minimum absolute atomic E-state index is 0.319. The van der Waals surface area contributed by atoms with Crippen LogP contribution >= 0.6 is 0 Å². The molecule has 0 atom stereocenters. The third kappa shape index (κ3) is 3.94. The van der Waals surface area contributed by atoms with Gasteiger partial charge in [0.1, 0.15) is 5.82 Å².